The fourth-order valence-electron chi connectivity index (χ4n) is 3.85. The SMILES string of the molecule is COc1ccc(-c2cnoc2-c2cc(C)c(C)c(OC)c2)cc1NC(=O)C([NH3+])c1ccccc1. The molecule has 4 aromatic rings. The lowest BCUT2D eigenvalue weighted by molar-refractivity contribution is -0.408. The van der Waals surface area contributed by atoms with E-state index in [9.17, 15) is 4.79 Å². The molecule has 0 spiro atoms. The van der Waals surface area contributed by atoms with E-state index < -0.39 is 6.04 Å². The quantitative estimate of drug-likeness (QED) is 0.423. The topological polar surface area (TPSA) is 101 Å². The molecule has 34 heavy (non-hydrogen) atoms. The Balaban J connectivity index is 1.69. The first kappa shape index (κ1) is 23.1. The molecule has 7 heteroatoms. The van der Waals surface area contributed by atoms with Crippen molar-refractivity contribution < 1.29 is 24.5 Å². The average Bonchev–Trinajstić information content (AvgIpc) is 3.35. The normalized spacial score (nSPS) is 11.7. The summed E-state index contributed by atoms with van der Waals surface area (Å²) in [5.41, 5.74) is 10.0. The lowest BCUT2D eigenvalue weighted by Gasteiger charge is -2.14. The third kappa shape index (κ3) is 4.51. The molecule has 0 aliphatic heterocycles. The molecule has 0 saturated heterocycles. The van der Waals surface area contributed by atoms with Gasteiger partial charge in [-0.1, -0.05) is 41.6 Å². The van der Waals surface area contributed by atoms with Crippen molar-refractivity contribution in [3.8, 4) is 33.9 Å². The second-order valence-electron chi connectivity index (χ2n) is 8.06. The smallest absolute Gasteiger partial charge is 0.287 e. The van der Waals surface area contributed by atoms with Crippen LogP contribution in [0.1, 0.15) is 22.7 Å². The Bertz CT molecular complexity index is 1310. The number of aryl methyl sites for hydroxylation is 1. The van der Waals surface area contributed by atoms with Crippen LogP contribution in [0, 0.1) is 13.8 Å². The molecule has 0 fully saturated rings. The summed E-state index contributed by atoms with van der Waals surface area (Å²) in [6, 6.07) is 18.4. The van der Waals surface area contributed by atoms with Gasteiger partial charge in [-0.3, -0.25) is 4.79 Å². The number of quaternary nitrogens is 1. The minimum absolute atomic E-state index is 0.230. The van der Waals surface area contributed by atoms with Gasteiger partial charge in [0.2, 0.25) is 0 Å². The number of carbonyl (C=O) groups excluding carboxylic acids is 1. The highest BCUT2D eigenvalue weighted by Gasteiger charge is 2.22. The van der Waals surface area contributed by atoms with Gasteiger partial charge in [-0.15, -0.1) is 0 Å². The summed E-state index contributed by atoms with van der Waals surface area (Å²) in [6.07, 6.45) is 1.67. The molecule has 1 amide bonds. The second-order valence-corrected chi connectivity index (χ2v) is 8.06. The van der Waals surface area contributed by atoms with Crippen LogP contribution in [0.15, 0.2) is 71.4 Å². The minimum atomic E-state index is -0.566. The summed E-state index contributed by atoms with van der Waals surface area (Å²) in [5.74, 6) is 1.71. The predicted octanol–water partition coefficient (Wildman–Crippen LogP) is 4.56. The van der Waals surface area contributed by atoms with E-state index in [1.807, 2.05) is 74.5 Å². The van der Waals surface area contributed by atoms with Crippen molar-refractivity contribution in [3.63, 3.8) is 0 Å². The molecule has 0 aliphatic carbocycles. The first-order valence-electron chi connectivity index (χ1n) is 10.9. The highest BCUT2D eigenvalue weighted by Crippen LogP contribution is 2.38. The zero-order valence-electron chi connectivity index (χ0n) is 19.7. The van der Waals surface area contributed by atoms with Gasteiger partial charge in [-0.05, 0) is 54.8 Å². The van der Waals surface area contributed by atoms with Crippen molar-refractivity contribution in [2.75, 3.05) is 19.5 Å². The Morgan fingerprint density at radius 1 is 0.971 bits per heavy atom. The number of nitrogens with zero attached hydrogens (tertiary/aromatic N) is 1. The maximum atomic E-state index is 12.9. The highest BCUT2D eigenvalue weighted by molar-refractivity contribution is 5.96. The molecule has 1 heterocycles. The van der Waals surface area contributed by atoms with Crippen LogP contribution in [-0.4, -0.2) is 25.3 Å². The number of hydrogen-bond donors (Lipinski definition) is 2. The monoisotopic (exact) mass is 458 g/mol. The van der Waals surface area contributed by atoms with Crippen molar-refractivity contribution in [1.82, 2.24) is 5.16 Å². The summed E-state index contributed by atoms with van der Waals surface area (Å²) in [7, 11) is 3.21. The molecule has 7 nitrogen and oxygen atoms in total. The Morgan fingerprint density at radius 3 is 2.41 bits per heavy atom. The molecule has 0 bridgehead atoms. The van der Waals surface area contributed by atoms with Gasteiger partial charge in [0, 0.05) is 16.7 Å². The number of rotatable bonds is 7. The minimum Gasteiger partial charge on any atom is -0.496 e. The van der Waals surface area contributed by atoms with Gasteiger partial charge in [-0.25, -0.2) is 0 Å². The lowest BCUT2D eigenvalue weighted by Crippen LogP contribution is -2.58. The van der Waals surface area contributed by atoms with Gasteiger partial charge in [-0.2, -0.15) is 0 Å². The van der Waals surface area contributed by atoms with Gasteiger partial charge >= 0.3 is 0 Å². The van der Waals surface area contributed by atoms with Crippen molar-refractivity contribution in [3.05, 3.63) is 83.6 Å². The number of hydrogen-bond acceptors (Lipinski definition) is 5. The largest absolute Gasteiger partial charge is 0.496 e. The van der Waals surface area contributed by atoms with E-state index in [1.165, 1.54) is 0 Å². The number of carbonyl (C=O) groups is 1. The van der Waals surface area contributed by atoms with E-state index in [-0.39, 0.29) is 5.91 Å². The molecule has 1 atom stereocenters. The van der Waals surface area contributed by atoms with Crippen LogP contribution in [0.4, 0.5) is 5.69 Å². The number of ether oxygens (including phenoxy) is 2. The summed E-state index contributed by atoms with van der Waals surface area (Å²) < 4.78 is 16.7. The van der Waals surface area contributed by atoms with E-state index in [0.29, 0.717) is 17.2 Å². The Labute approximate surface area is 198 Å². The Morgan fingerprint density at radius 2 is 1.71 bits per heavy atom. The molecule has 174 valence electrons. The first-order valence-corrected chi connectivity index (χ1v) is 10.9. The summed E-state index contributed by atoms with van der Waals surface area (Å²) in [5, 5.41) is 7.00. The van der Waals surface area contributed by atoms with Crippen molar-refractivity contribution in [2.24, 2.45) is 0 Å². The Hall–Kier alpha value is -4.10. The predicted molar refractivity (Wildman–Crippen MR) is 131 cm³/mol. The molecular formula is C27H28N3O4+. The van der Waals surface area contributed by atoms with Gasteiger partial charge < -0.3 is 25.0 Å². The highest BCUT2D eigenvalue weighted by atomic mass is 16.5. The molecule has 0 aliphatic rings. The van der Waals surface area contributed by atoms with Gasteiger partial charge in [0.15, 0.2) is 11.8 Å². The number of nitrogens with one attached hydrogen (secondary N) is 1. The van der Waals surface area contributed by atoms with Crippen LogP contribution in [0.25, 0.3) is 22.5 Å². The maximum absolute atomic E-state index is 12.9. The maximum Gasteiger partial charge on any atom is 0.287 e. The third-order valence-electron chi connectivity index (χ3n) is 5.96. The molecule has 3 aromatic carbocycles. The summed E-state index contributed by atoms with van der Waals surface area (Å²) in [6.45, 7) is 4.04. The number of aromatic nitrogens is 1. The van der Waals surface area contributed by atoms with E-state index >= 15 is 0 Å². The number of methoxy groups -OCH3 is 2. The van der Waals surface area contributed by atoms with Crippen molar-refractivity contribution in [2.45, 2.75) is 19.9 Å². The van der Waals surface area contributed by atoms with Crippen molar-refractivity contribution >= 4 is 11.6 Å². The van der Waals surface area contributed by atoms with E-state index in [0.717, 1.165) is 39.1 Å². The van der Waals surface area contributed by atoms with Gasteiger partial charge in [0.05, 0.1) is 26.1 Å². The first-order chi connectivity index (χ1) is 16.4. The standard InChI is InChI=1S/C27H27N3O4/c1-16-12-20(14-24(33-4)17(16)2)26-21(15-29-34-26)19-10-11-23(32-3)22(13-19)30-27(31)25(28)18-8-6-5-7-9-18/h5-15,25H,28H2,1-4H3,(H,30,31)/p+1. The number of anilines is 1. The fourth-order valence-corrected chi connectivity index (χ4v) is 3.85. The van der Waals surface area contributed by atoms with Gasteiger partial charge in [0.25, 0.3) is 5.91 Å². The fraction of sp³-hybridized carbons (Fsp3) is 0.185. The van der Waals surface area contributed by atoms with E-state index in [1.54, 1.807) is 20.4 Å². The lowest BCUT2D eigenvalue weighted by atomic mass is 9.98. The van der Waals surface area contributed by atoms with Gasteiger partial charge in [0.1, 0.15) is 11.5 Å². The summed E-state index contributed by atoms with van der Waals surface area (Å²) in [4.78, 5) is 12.9. The molecule has 4 N–H and O–H groups in total. The molecule has 1 aromatic heterocycles. The molecule has 4 rings (SSSR count). The van der Waals surface area contributed by atoms with Crippen LogP contribution in [-0.2, 0) is 4.79 Å². The zero-order chi connectivity index (χ0) is 24.2. The number of benzene rings is 3. The van der Waals surface area contributed by atoms with Crippen molar-refractivity contribution in [1.29, 1.82) is 0 Å². The second kappa shape index (κ2) is 9.80. The van der Waals surface area contributed by atoms with Crippen LogP contribution < -0.4 is 20.5 Å². The third-order valence-corrected chi connectivity index (χ3v) is 5.96. The van der Waals surface area contributed by atoms with Crippen LogP contribution in [0.3, 0.4) is 0 Å². The zero-order valence-corrected chi connectivity index (χ0v) is 19.7. The number of amides is 1. The molecule has 0 saturated carbocycles. The van der Waals surface area contributed by atoms with Crippen LogP contribution in [0.5, 0.6) is 11.5 Å². The van der Waals surface area contributed by atoms with E-state index in [4.69, 9.17) is 14.0 Å². The molecule has 1 unspecified atom stereocenters. The van der Waals surface area contributed by atoms with E-state index in [2.05, 4.69) is 16.2 Å². The molecule has 0 radical (unpaired) electrons. The average molecular weight is 459 g/mol. The molecular weight excluding hydrogens is 430 g/mol. The van der Waals surface area contributed by atoms with Crippen LogP contribution >= 0.6 is 0 Å². The Kier molecular flexibility index (Phi) is 6.65. The van der Waals surface area contributed by atoms with Crippen LogP contribution in [0.2, 0.25) is 0 Å². The summed E-state index contributed by atoms with van der Waals surface area (Å²) >= 11 is 0.